The Kier molecular flexibility index (Phi) is 7.01. The van der Waals surface area contributed by atoms with Crippen LogP contribution in [0.25, 0.3) is 0 Å². The van der Waals surface area contributed by atoms with Crippen LogP contribution in [0.2, 0.25) is 0 Å². The topological polar surface area (TPSA) is 89.8 Å². The number of ether oxygens (including phenoxy) is 1. The average molecular weight is 308 g/mol. The number of nitro groups is 1. The summed E-state index contributed by atoms with van der Waals surface area (Å²) in [5, 5.41) is 10.8. The van der Waals surface area contributed by atoms with Gasteiger partial charge in [-0.15, -0.1) is 0 Å². The molecular weight excluding hydrogens is 288 g/mol. The largest absolute Gasteiger partial charge is 0.469 e. The van der Waals surface area contributed by atoms with E-state index in [1.54, 1.807) is 0 Å². The number of carbonyl (C=O) groups is 2. The number of unbranched alkanes of at least 4 members (excludes halogenated alkanes) is 1. The minimum Gasteiger partial charge on any atom is -0.469 e. The highest BCUT2D eigenvalue weighted by Crippen LogP contribution is 2.15. The summed E-state index contributed by atoms with van der Waals surface area (Å²) in [7, 11) is 1.29. The van der Waals surface area contributed by atoms with E-state index in [9.17, 15) is 19.7 Å². The highest BCUT2D eigenvalue weighted by Gasteiger charge is 2.18. The molecule has 1 amide bonds. The molecule has 0 aliphatic heterocycles. The van der Waals surface area contributed by atoms with E-state index in [0.717, 1.165) is 12.8 Å². The molecule has 0 bridgehead atoms. The maximum atomic E-state index is 12.5. The highest BCUT2D eigenvalue weighted by atomic mass is 16.6. The van der Waals surface area contributed by atoms with Gasteiger partial charge in [0, 0.05) is 30.8 Å². The fraction of sp³-hybridized carbons (Fsp3) is 0.467. The number of amides is 1. The molecule has 0 N–H and O–H groups in total. The molecule has 0 saturated carbocycles. The summed E-state index contributed by atoms with van der Waals surface area (Å²) in [6.45, 7) is 2.72. The van der Waals surface area contributed by atoms with Gasteiger partial charge in [-0.1, -0.05) is 19.4 Å². The van der Waals surface area contributed by atoms with Crippen LogP contribution in [0.15, 0.2) is 24.3 Å². The zero-order chi connectivity index (χ0) is 16.5. The van der Waals surface area contributed by atoms with Crippen molar-refractivity contribution in [2.75, 3.05) is 20.2 Å². The first-order valence-electron chi connectivity index (χ1n) is 7.10. The van der Waals surface area contributed by atoms with E-state index < -0.39 is 10.9 Å². The molecule has 0 aliphatic carbocycles. The van der Waals surface area contributed by atoms with E-state index in [1.807, 2.05) is 6.92 Å². The fourth-order valence-corrected chi connectivity index (χ4v) is 1.93. The second-order valence-corrected chi connectivity index (χ2v) is 4.78. The Balaban J connectivity index is 2.87. The van der Waals surface area contributed by atoms with Gasteiger partial charge in [-0.05, 0) is 12.5 Å². The maximum Gasteiger partial charge on any atom is 0.307 e. The first-order chi connectivity index (χ1) is 10.5. The van der Waals surface area contributed by atoms with Crippen LogP contribution in [0.3, 0.4) is 0 Å². The van der Waals surface area contributed by atoms with Crippen molar-refractivity contribution >= 4 is 17.6 Å². The zero-order valence-corrected chi connectivity index (χ0v) is 12.8. The zero-order valence-electron chi connectivity index (χ0n) is 12.8. The predicted molar refractivity (Wildman–Crippen MR) is 80.5 cm³/mol. The standard InChI is InChI=1S/C15H20N2O5/c1-3-4-9-16(10-8-14(18)22-2)15(19)12-6-5-7-13(11-12)17(20)21/h5-7,11H,3-4,8-10H2,1-2H3. The summed E-state index contributed by atoms with van der Waals surface area (Å²) in [6.07, 6.45) is 1.79. The molecular formula is C15H20N2O5. The quantitative estimate of drug-likeness (QED) is 0.418. The lowest BCUT2D eigenvalue weighted by molar-refractivity contribution is -0.384. The van der Waals surface area contributed by atoms with Gasteiger partial charge in [0.2, 0.25) is 0 Å². The molecule has 0 aliphatic rings. The van der Waals surface area contributed by atoms with E-state index in [0.29, 0.717) is 6.54 Å². The molecule has 0 aromatic heterocycles. The molecule has 0 saturated heterocycles. The van der Waals surface area contributed by atoms with Crippen molar-refractivity contribution in [2.24, 2.45) is 0 Å². The molecule has 0 atom stereocenters. The van der Waals surface area contributed by atoms with Gasteiger partial charge in [0.15, 0.2) is 0 Å². The average Bonchev–Trinajstić information content (AvgIpc) is 2.54. The SMILES string of the molecule is CCCCN(CCC(=O)OC)C(=O)c1cccc([N+](=O)[O-])c1. The van der Waals surface area contributed by atoms with E-state index in [4.69, 9.17) is 0 Å². The number of hydrogen-bond donors (Lipinski definition) is 0. The Labute approximate surface area is 129 Å². The van der Waals surface area contributed by atoms with E-state index in [-0.39, 0.29) is 30.1 Å². The minimum absolute atomic E-state index is 0.0981. The Hall–Kier alpha value is -2.44. The number of hydrogen-bond acceptors (Lipinski definition) is 5. The molecule has 0 radical (unpaired) electrons. The number of benzene rings is 1. The number of non-ortho nitro benzene ring substituents is 1. The highest BCUT2D eigenvalue weighted by molar-refractivity contribution is 5.95. The Morgan fingerprint density at radius 3 is 2.64 bits per heavy atom. The van der Waals surface area contributed by atoms with Crippen molar-refractivity contribution in [3.8, 4) is 0 Å². The Morgan fingerprint density at radius 2 is 2.05 bits per heavy atom. The van der Waals surface area contributed by atoms with Crippen molar-refractivity contribution in [3.63, 3.8) is 0 Å². The van der Waals surface area contributed by atoms with Crippen LogP contribution in [0.4, 0.5) is 5.69 Å². The monoisotopic (exact) mass is 308 g/mol. The molecule has 0 fully saturated rings. The third-order valence-corrected chi connectivity index (χ3v) is 3.19. The molecule has 120 valence electrons. The third kappa shape index (κ3) is 5.16. The van der Waals surface area contributed by atoms with Crippen molar-refractivity contribution in [1.82, 2.24) is 4.90 Å². The van der Waals surface area contributed by atoms with Gasteiger partial charge in [0.25, 0.3) is 11.6 Å². The Bertz CT molecular complexity index is 544. The van der Waals surface area contributed by atoms with Crippen LogP contribution >= 0.6 is 0 Å². The molecule has 1 aromatic carbocycles. The minimum atomic E-state index is -0.540. The first kappa shape index (κ1) is 17.6. The fourth-order valence-electron chi connectivity index (χ4n) is 1.93. The lowest BCUT2D eigenvalue weighted by Crippen LogP contribution is -2.34. The van der Waals surface area contributed by atoms with Crippen molar-refractivity contribution in [2.45, 2.75) is 26.2 Å². The number of nitrogens with zero attached hydrogens (tertiary/aromatic N) is 2. The third-order valence-electron chi connectivity index (χ3n) is 3.19. The normalized spacial score (nSPS) is 10.1. The van der Waals surface area contributed by atoms with Crippen molar-refractivity contribution in [3.05, 3.63) is 39.9 Å². The molecule has 0 heterocycles. The van der Waals surface area contributed by atoms with Crippen LogP contribution in [0.5, 0.6) is 0 Å². The van der Waals surface area contributed by atoms with Crippen LogP contribution < -0.4 is 0 Å². The molecule has 0 spiro atoms. The number of rotatable bonds is 8. The number of methoxy groups -OCH3 is 1. The van der Waals surface area contributed by atoms with Crippen LogP contribution in [-0.4, -0.2) is 41.9 Å². The molecule has 7 heteroatoms. The lowest BCUT2D eigenvalue weighted by Gasteiger charge is -2.22. The molecule has 1 rings (SSSR count). The summed E-state index contributed by atoms with van der Waals surface area (Å²) in [4.78, 5) is 35.5. The van der Waals surface area contributed by atoms with E-state index in [2.05, 4.69) is 4.74 Å². The van der Waals surface area contributed by atoms with Gasteiger partial charge in [0.05, 0.1) is 18.5 Å². The summed E-state index contributed by atoms with van der Waals surface area (Å²) < 4.78 is 4.57. The van der Waals surface area contributed by atoms with Gasteiger partial charge >= 0.3 is 5.97 Å². The maximum absolute atomic E-state index is 12.5. The van der Waals surface area contributed by atoms with E-state index in [1.165, 1.54) is 36.3 Å². The summed E-state index contributed by atoms with van der Waals surface area (Å²) in [5.41, 5.74) is 0.115. The van der Waals surface area contributed by atoms with Crippen molar-refractivity contribution < 1.29 is 19.2 Å². The van der Waals surface area contributed by atoms with E-state index >= 15 is 0 Å². The number of carbonyl (C=O) groups excluding carboxylic acids is 2. The second-order valence-electron chi connectivity index (χ2n) is 4.78. The molecule has 0 unspecified atom stereocenters. The Morgan fingerprint density at radius 1 is 1.32 bits per heavy atom. The van der Waals surface area contributed by atoms with Gasteiger partial charge < -0.3 is 9.64 Å². The van der Waals surface area contributed by atoms with Crippen molar-refractivity contribution in [1.29, 1.82) is 0 Å². The summed E-state index contributed by atoms with van der Waals surface area (Å²) >= 11 is 0. The molecule has 7 nitrogen and oxygen atoms in total. The second kappa shape index (κ2) is 8.76. The summed E-state index contributed by atoms with van der Waals surface area (Å²) in [6, 6.07) is 5.59. The van der Waals surface area contributed by atoms with Gasteiger partial charge in [-0.3, -0.25) is 19.7 Å². The van der Waals surface area contributed by atoms with Gasteiger partial charge in [-0.2, -0.15) is 0 Å². The number of esters is 1. The predicted octanol–water partition coefficient (Wildman–Crippen LogP) is 2.40. The van der Waals surface area contributed by atoms with Crippen LogP contribution in [0, 0.1) is 10.1 Å². The molecule has 22 heavy (non-hydrogen) atoms. The summed E-state index contributed by atoms with van der Waals surface area (Å²) in [5.74, 6) is -0.714. The molecule has 1 aromatic rings. The smallest absolute Gasteiger partial charge is 0.307 e. The first-order valence-corrected chi connectivity index (χ1v) is 7.10. The van der Waals surface area contributed by atoms with Gasteiger partial charge in [-0.25, -0.2) is 0 Å². The number of nitro benzene ring substituents is 1. The lowest BCUT2D eigenvalue weighted by atomic mass is 10.1. The van der Waals surface area contributed by atoms with Crippen LogP contribution in [-0.2, 0) is 9.53 Å². The van der Waals surface area contributed by atoms with Crippen LogP contribution in [0.1, 0.15) is 36.5 Å². The van der Waals surface area contributed by atoms with Gasteiger partial charge in [0.1, 0.15) is 0 Å².